The normalized spacial score (nSPS) is 40.8. The maximum absolute atomic E-state index is 11.2. The highest BCUT2D eigenvalue weighted by Gasteiger charge is 2.56. The summed E-state index contributed by atoms with van der Waals surface area (Å²) in [6.45, 7) is 2.22. The minimum Gasteiger partial charge on any atom is -0.299 e. The first-order valence-electron chi connectivity index (χ1n) is 4.87. The Morgan fingerprint density at radius 3 is 2.91 bits per heavy atom. The van der Waals surface area contributed by atoms with E-state index in [0.29, 0.717) is 11.7 Å². The van der Waals surface area contributed by atoms with Gasteiger partial charge in [0.25, 0.3) is 0 Å². The summed E-state index contributed by atoms with van der Waals surface area (Å²) in [5, 5.41) is 0. The molecule has 0 saturated heterocycles. The van der Waals surface area contributed by atoms with Gasteiger partial charge in [0.2, 0.25) is 0 Å². The van der Waals surface area contributed by atoms with Gasteiger partial charge in [0.1, 0.15) is 5.78 Å². The fraction of sp³-hybridized carbons (Fsp3) is 0.900. The average Bonchev–Trinajstić information content (AvgIpc) is 2.58. The Bertz CT molecular complexity index is 174. The molecule has 2 rings (SSSR count). The predicted molar refractivity (Wildman–Crippen MR) is 44.2 cm³/mol. The quantitative estimate of drug-likeness (QED) is 0.607. The van der Waals surface area contributed by atoms with E-state index in [1.807, 2.05) is 0 Å². The SMILES string of the molecule is CCCCC1C2CCC(=O)C12. The molecule has 2 aliphatic rings. The molecule has 0 aliphatic heterocycles. The van der Waals surface area contributed by atoms with Gasteiger partial charge in [0.05, 0.1) is 0 Å². The van der Waals surface area contributed by atoms with Crippen molar-refractivity contribution in [3.63, 3.8) is 0 Å². The summed E-state index contributed by atoms with van der Waals surface area (Å²) in [4.78, 5) is 11.2. The van der Waals surface area contributed by atoms with Crippen molar-refractivity contribution in [2.75, 3.05) is 0 Å². The van der Waals surface area contributed by atoms with E-state index in [1.54, 1.807) is 0 Å². The molecule has 1 heteroatoms. The van der Waals surface area contributed by atoms with Crippen LogP contribution in [0.2, 0.25) is 0 Å². The van der Waals surface area contributed by atoms with Gasteiger partial charge in [-0.25, -0.2) is 0 Å². The third-order valence-electron chi connectivity index (χ3n) is 3.32. The van der Waals surface area contributed by atoms with Gasteiger partial charge in [-0.15, -0.1) is 0 Å². The first-order chi connectivity index (χ1) is 5.34. The Morgan fingerprint density at radius 1 is 1.55 bits per heavy atom. The number of fused-ring (bicyclic) bond motifs is 1. The second-order valence-electron chi connectivity index (χ2n) is 4.00. The molecule has 2 fully saturated rings. The zero-order valence-electron chi connectivity index (χ0n) is 7.18. The Kier molecular flexibility index (Phi) is 1.74. The van der Waals surface area contributed by atoms with Crippen LogP contribution in [0, 0.1) is 17.8 Å². The number of unbranched alkanes of at least 4 members (excludes halogenated alkanes) is 1. The summed E-state index contributed by atoms with van der Waals surface area (Å²) in [6, 6.07) is 0. The van der Waals surface area contributed by atoms with E-state index in [0.717, 1.165) is 18.3 Å². The average molecular weight is 152 g/mol. The Balaban J connectivity index is 1.80. The second kappa shape index (κ2) is 2.62. The van der Waals surface area contributed by atoms with Crippen LogP contribution < -0.4 is 0 Å². The van der Waals surface area contributed by atoms with Gasteiger partial charge < -0.3 is 0 Å². The molecule has 0 N–H and O–H groups in total. The van der Waals surface area contributed by atoms with E-state index in [9.17, 15) is 4.79 Å². The molecule has 3 atom stereocenters. The van der Waals surface area contributed by atoms with Crippen LogP contribution >= 0.6 is 0 Å². The third kappa shape index (κ3) is 1.11. The fourth-order valence-corrected chi connectivity index (χ4v) is 2.63. The van der Waals surface area contributed by atoms with Crippen molar-refractivity contribution in [1.82, 2.24) is 0 Å². The molecule has 62 valence electrons. The van der Waals surface area contributed by atoms with Crippen LogP contribution in [0.15, 0.2) is 0 Å². The lowest BCUT2D eigenvalue weighted by Gasteiger charge is -1.99. The van der Waals surface area contributed by atoms with Crippen LogP contribution in [0.1, 0.15) is 39.0 Å². The summed E-state index contributed by atoms with van der Waals surface area (Å²) >= 11 is 0. The number of ketones is 1. The fourth-order valence-electron chi connectivity index (χ4n) is 2.63. The van der Waals surface area contributed by atoms with E-state index in [2.05, 4.69) is 6.92 Å². The van der Waals surface area contributed by atoms with Crippen molar-refractivity contribution in [3.05, 3.63) is 0 Å². The molecule has 0 aromatic carbocycles. The monoisotopic (exact) mass is 152 g/mol. The largest absolute Gasteiger partial charge is 0.299 e. The van der Waals surface area contributed by atoms with Crippen molar-refractivity contribution >= 4 is 5.78 Å². The van der Waals surface area contributed by atoms with E-state index in [-0.39, 0.29) is 0 Å². The van der Waals surface area contributed by atoms with E-state index in [4.69, 9.17) is 0 Å². The van der Waals surface area contributed by atoms with Crippen LogP contribution in [0.5, 0.6) is 0 Å². The van der Waals surface area contributed by atoms with Gasteiger partial charge >= 0.3 is 0 Å². The van der Waals surface area contributed by atoms with Gasteiger partial charge in [-0.3, -0.25) is 4.79 Å². The lowest BCUT2D eigenvalue weighted by molar-refractivity contribution is -0.119. The number of hydrogen-bond acceptors (Lipinski definition) is 1. The first-order valence-corrected chi connectivity index (χ1v) is 4.87. The lowest BCUT2D eigenvalue weighted by Crippen LogP contribution is -1.98. The number of Topliss-reactive ketones (excluding diaryl/α,β-unsaturated/α-hetero) is 1. The highest BCUT2D eigenvalue weighted by Crippen LogP contribution is 2.57. The molecule has 2 aliphatic carbocycles. The minimum atomic E-state index is 0.529. The summed E-state index contributed by atoms with van der Waals surface area (Å²) in [5.74, 6) is 2.74. The maximum atomic E-state index is 11.2. The first kappa shape index (κ1) is 7.33. The van der Waals surface area contributed by atoms with Gasteiger partial charge in [0, 0.05) is 12.3 Å². The van der Waals surface area contributed by atoms with Crippen molar-refractivity contribution in [1.29, 1.82) is 0 Å². The van der Waals surface area contributed by atoms with Crippen LogP contribution in [-0.4, -0.2) is 5.78 Å². The standard InChI is InChI=1S/C10H16O/c1-2-3-4-7-8-5-6-9(11)10(7)8/h7-8,10H,2-6H2,1H3. The molecule has 0 radical (unpaired) electrons. The topological polar surface area (TPSA) is 17.1 Å². The summed E-state index contributed by atoms with van der Waals surface area (Å²) in [5.41, 5.74) is 0. The Morgan fingerprint density at radius 2 is 2.36 bits per heavy atom. The molecule has 0 spiro atoms. The molecule has 3 unspecified atom stereocenters. The zero-order chi connectivity index (χ0) is 7.84. The Labute approximate surface area is 68.2 Å². The lowest BCUT2D eigenvalue weighted by atomic mass is 10.1. The molecule has 1 nitrogen and oxygen atoms in total. The number of hydrogen-bond donors (Lipinski definition) is 0. The summed E-state index contributed by atoms with van der Waals surface area (Å²) in [7, 11) is 0. The van der Waals surface area contributed by atoms with Crippen LogP contribution in [-0.2, 0) is 4.79 Å². The molecule has 11 heavy (non-hydrogen) atoms. The van der Waals surface area contributed by atoms with Crippen molar-refractivity contribution in [2.45, 2.75) is 39.0 Å². The zero-order valence-corrected chi connectivity index (χ0v) is 7.18. The van der Waals surface area contributed by atoms with Gasteiger partial charge in [-0.05, 0) is 24.7 Å². The van der Waals surface area contributed by atoms with Gasteiger partial charge in [-0.2, -0.15) is 0 Å². The van der Waals surface area contributed by atoms with E-state index < -0.39 is 0 Å². The predicted octanol–water partition coefficient (Wildman–Crippen LogP) is 2.40. The molecule has 0 aromatic heterocycles. The summed E-state index contributed by atoms with van der Waals surface area (Å²) in [6.07, 6.45) is 6.02. The second-order valence-corrected chi connectivity index (χ2v) is 4.00. The van der Waals surface area contributed by atoms with E-state index >= 15 is 0 Å². The molecule has 2 saturated carbocycles. The molecular formula is C10H16O. The van der Waals surface area contributed by atoms with E-state index in [1.165, 1.54) is 25.7 Å². The highest BCUT2D eigenvalue weighted by atomic mass is 16.1. The summed E-state index contributed by atoms with van der Waals surface area (Å²) < 4.78 is 0. The van der Waals surface area contributed by atoms with Crippen LogP contribution in [0.4, 0.5) is 0 Å². The highest BCUT2D eigenvalue weighted by molar-refractivity contribution is 5.87. The number of rotatable bonds is 3. The molecule has 0 amide bonds. The number of carbonyl (C=O) groups is 1. The number of carbonyl (C=O) groups excluding carboxylic acids is 1. The Hall–Kier alpha value is -0.330. The van der Waals surface area contributed by atoms with Crippen LogP contribution in [0.25, 0.3) is 0 Å². The third-order valence-corrected chi connectivity index (χ3v) is 3.32. The minimum absolute atomic E-state index is 0.529. The molecule has 0 aromatic rings. The van der Waals surface area contributed by atoms with Crippen molar-refractivity contribution in [2.24, 2.45) is 17.8 Å². The van der Waals surface area contributed by atoms with Crippen molar-refractivity contribution < 1.29 is 4.79 Å². The van der Waals surface area contributed by atoms with Gasteiger partial charge in [0.15, 0.2) is 0 Å². The maximum Gasteiger partial charge on any atom is 0.136 e. The molecular weight excluding hydrogens is 136 g/mol. The van der Waals surface area contributed by atoms with Crippen molar-refractivity contribution in [3.8, 4) is 0 Å². The molecule has 0 heterocycles. The molecule has 0 bridgehead atoms. The van der Waals surface area contributed by atoms with Crippen LogP contribution in [0.3, 0.4) is 0 Å². The smallest absolute Gasteiger partial charge is 0.136 e. The van der Waals surface area contributed by atoms with Gasteiger partial charge in [-0.1, -0.05) is 19.8 Å².